The second-order valence-electron chi connectivity index (χ2n) is 6.71. The number of hydrogen-bond acceptors (Lipinski definition) is 2. The van der Waals surface area contributed by atoms with Crippen LogP contribution in [0.3, 0.4) is 0 Å². The summed E-state index contributed by atoms with van der Waals surface area (Å²) in [4.78, 5) is 16.9. The second kappa shape index (κ2) is 6.22. The van der Waals surface area contributed by atoms with Crippen LogP contribution in [-0.4, -0.2) is 10.9 Å². The maximum atomic E-state index is 13.4. The molecule has 0 fully saturated rings. The third kappa shape index (κ3) is 2.76. The summed E-state index contributed by atoms with van der Waals surface area (Å²) in [6.45, 7) is 1.90. The van der Waals surface area contributed by atoms with Crippen LogP contribution >= 0.6 is 11.6 Å². The number of pyridine rings is 1. The molecule has 1 amide bonds. The minimum atomic E-state index is -0.755. The fraction of sp³-hybridized carbons (Fsp3) is 0.143. The molecule has 1 atom stereocenters. The Kier molecular flexibility index (Phi) is 4.00. The highest BCUT2D eigenvalue weighted by molar-refractivity contribution is 6.30. The van der Waals surface area contributed by atoms with E-state index in [1.54, 1.807) is 24.5 Å². The van der Waals surface area contributed by atoms with Gasteiger partial charge >= 0.3 is 0 Å². The van der Waals surface area contributed by atoms with Crippen molar-refractivity contribution in [1.82, 2.24) is 4.98 Å². The van der Waals surface area contributed by atoms with Crippen LogP contribution in [-0.2, 0) is 16.6 Å². The zero-order chi connectivity index (χ0) is 18.3. The average Bonchev–Trinajstić information content (AvgIpc) is 2.89. The van der Waals surface area contributed by atoms with E-state index < -0.39 is 11.2 Å². The van der Waals surface area contributed by atoms with E-state index in [0.29, 0.717) is 6.42 Å². The Balaban J connectivity index is 1.76. The molecule has 0 radical (unpaired) electrons. The van der Waals surface area contributed by atoms with Gasteiger partial charge in [-0.05, 0) is 65.9 Å². The van der Waals surface area contributed by atoms with Crippen molar-refractivity contribution in [2.75, 3.05) is 5.32 Å². The number of halogens is 2. The highest BCUT2D eigenvalue weighted by atomic mass is 35.5. The lowest BCUT2D eigenvalue weighted by atomic mass is 9.77. The van der Waals surface area contributed by atoms with E-state index in [2.05, 4.69) is 10.3 Å². The molecule has 1 aliphatic heterocycles. The van der Waals surface area contributed by atoms with Crippen molar-refractivity contribution >= 4 is 23.2 Å². The minimum Gasteiger partial charge on any atom is -0.325 e. The lowest BCUT2D eigenvalue weighted by Crippen LogP contribution is -2.33. The van der Waals surface area contributed by atoms with Crippen molar-refractivity contribution in [2.45, 2.75) is 18.8 Å². The number of anilines is 1. The smallest absolute Gasteiger partial charge is 0.235 e. The molecule has 0 saturated carbocycles. The quantitative estimate of drug-likeness (QED) is 0.709. The number of fused-ring (bicyclic) bond motifs is 1. The molecule has 26 heavy (non-hydrogen) atoms. The van der Waals surface area contributed by atoms with Gasteiger partial charge in [-0.2, -0.15) is 0 Å². The summed E-state index contributed by atoms with van der Waals surface area (Å²) in [5.41, 5.74) is 3.77. The third-order valence-electron chi connectivity index (χ3n) is 4.90. The van der Waals surface area contributed by atoms with Crippen LogP contribution in [0.2, 0.25) is 5.02 Å². The number of carbonyl (C=O) groups excluding carboxylic acids is 1. The first-order valence-electron chi connectivity index (χ1n) is 8.28. The fourth-order valence-corrected chi connectivity index (χ4v) is 3.64. The number of nitrogens with zero attached hydrogens (tertiary/aromatic N) is 1. The van der Waals surface area contributed by atoms with Gasteiger partial charge < -0.3 is 5.32 Å². The molecule has 0 saturated heterocycles. The number of amides is 1. The molecule has 1 aliphatic rings. The summed E-state index contributed by atoms with van der Waals surface area (Å²) >= 11 is 5.90. The molecule has 130 valence electrons. The van der Waals surface area contributed by atoms with Crippen LogP contribution in [0, 0.1) is 5.82 Å². The molecule has 2 heterocycles. The minimum absolute atomic E-state index is 0.0637. The van der Waals surface area contributed by atoms with Crippen LogP contribution < -0.4 is 5.32 Å². The van der Waals surface area contributed by atoms with E-state index in [0.717, 1.165) is 27.9 Å². The van der Waals surface area contributed by atoms with Crippen molar-refractivity contribution in [3.8, 4) is 11.1 Å². The number of nitrogens with one attached hydrogen (secondary N) is 1. The first-order chi connectivity index (χ1) is 12.5. The Morgan fingerprint density at radius 2 is 2.00 bits per heavy atom. The van der Waals surface area contributed by atoms with E-state index >= 15 is 0 Å². The maximum Gasteiger partial charge on any atom is 0.235 e. The Bertz CT molecular complexity index is 1010. The molecule has 1 aromatic heterocycles. The van der Waals surface area contributed by atoms with E-state index in [4.69, 9.17) is 11.6 Å². The van der Waals surface area contributed by atoms with Gasteiger partial charge in [0.2, 0.25) is 5.91 Å². The molecular formula is C21H16ClFN2O. The van der Waals surface area contributed by atoms with Gasteiger partial charge in [0.15, 0.2) is 0 Å². The molecule has 0 bridgehead atoms. The van der Waals surface area contributed by atoms with E-state index in [-0.39, 0.29) is 10.9 Å². The second-order valence-corrected chi connectivity index (χ2v) is 7.12. The van der Waals surface area contributed by atoms with Gasteiger partial charge in [-0.15, -0.1) is 0 Å². The maximum absolute atomic E-state index is 13.4. The van der Waals surface area contributed by atoms with Gasteiger partial charge in [0.05, 0.1) is 10.4 Å². The van der Waals surface area contributed by atoms with Gasteiger partial charge in [0, 0.05) is 18.1 Å². The molecule has 3 aromatic rings. The SMILES string of the molecule is CC1(Cc2ccc(F)c(Cl)c2)C(=O)Nc2ccc(-c3cccnc3)cc21. The standard InChI is InChI=1S/C21H16ClFN2O/c1-21(11-13-4-6-18(23)17(22)9-13)16-10-14(15-3-2-8-24-12-15)5-7-19(16)25-20(21)26/h2-10,12H,11H2,1H3,(H,25,26). The lowest BCUT2D eigenvalue weighted by Gasteiger charge is -2.23. The molecule has 4 rings (SSSR count). The summed E-state index contributed by atoms with van der Waals surface area (Å²) in [6.07, 6.45) is 3.95. The Labute approximate surface area is 155 Å². The molecule has 5 heteroatoms. The normalized spacial score (nSPS) is 18.5. The molecule has 2 aromatic carbocycles. The van der Waals surface area contributed by atoms with Crippen LogP contribution in [0.5, 0.6) is 0 Å². The molecule has 3 nitrogen and oxygen atoms in total. The lowest BCUT2D eigenvalue weighted by molar-refractivity contribution is -0.120. The Morgan fingerprint density at radius 3 is 2.73 bits per heavy atom. The molecule has 0 aliphatic carbocycles. The number of benzene rings is 2. The van der Waals surface area contributed by atoms with Gasteiger partial charge in [0.25, 0.3) is 0 Å². The first-order valence-corrected chi connectivity index (χ1v) is 8.65. The van der Waals surface area contributed by atoms with Crippen molar-refractivity contribution < 1.29 is 9.18 Å². The van der Waals surface area contributed by atoms with Gasteiger partial charge in [-0.3, -0.25) is 9.78 Å². The molecule has 0 spiro atoms. The predicted molar refractivity (Wildman–Crippen MR) is 101 cm³/mol. The fourth-order valence-electron chi connectivity index (χ4n) is 3.44. The number of aromatic nitrogens is 1. The van der Waals surface area contributed by atoms with Gasteiger partial charge in [0.1, 0.15) is 5.82 Å². The highest BCUT2D eigenvalue weighted by Gasteiger charge is 2.42. The molecular weight excluding hydrogens is 351 g/mol. The largest absolute Gasteiger partial charge is 0.325 e. The zero-order valence-electron chi connectivity index (χ0n) is 14.1. The van der Waals surface area contributed by atoms with Crippen molar-refractivity contribution in [3.63, 3.8) is 0 Å². The van der Waals surface area contributed by atoms with Crippen LogP contribution in [0.25, 0.3) is 11.1 Å². The Morgan fingerprint density at radius 1 is 1.15 bits per heavy atom. The first kappa shape index (κ1) is 16.7. The monoisotopic (exact) mass is 366 g/mol. The molecule has 1 unspecified atom stereocenters. The van der Waals surface area contributed by atoms with E-state index in [1.807, 2.05) is 37.3 Å². The van der Waals surface area contributed by atoms with Crippen LogP contribution in [0.4, 0.5) is 10.1 Å². The zero-order valence-corrected chi connectivity index (χ0v) is 14.8. The summed E-state index contributed by atoms with van der Waals surface area (Å²) in [5.74, 6) is -0.535. The number of rotatable bonds is 3. The average molecular weight is 367 g/mol. The summed E-state index contributed by atoms with van der Waals surface area (Å²) in [5, 5.41) is 3.02. The Hall–Kier alpha value is -2.72. The van der Waals surface area contributed by atoms with Crippen molar-refractivity contribution in [1.29, 1.82) is 0 Å². The van der Waals surface area contributed by atoms with E-state index in [1.165, 1.54) is 6.07 Å². The molecule has 1 N–H and O–H groups in total. The van der Waals surface area contributed by atoms with Gasteiger partial charge in [-0.25, -0.2) is 4.39 Å². The number of hydrogen-bond donors (Lipinski definition) is 1. The predicted octanol–water partition coefficient (Wildman–Crippen LogP) is 4.99. The van der Waals surface area contributed by atoms with Crippen LogP contribution in [0.15, 0.2) is 60.9 Å². The third-order valence-corrected chi connectivity index (χ3v) is 5.19. The van der Waals surface area contributed by atoms with Gasteiger partial charge in [-0.1, -0.05) is 29.8 Å². The van der Waals surface area contributed by atoms with Crippen molar-refractivity contribution in [2.24, 2.45) is 0 Å². The van der Waals surface area contributed by atoms with Crippen LogP contribution in [0.1, 0.15) is 18.1 Å². The van der Waals surface area contributed by atoms with E-state index in [9.17, 15) is 9.18 Å². The summed E-state index contributed by atoms with van der Waals surface area (Å²) in [6, 6.07) is 14.4. The number of carbonyl (C=O) groups is 1. The highest BCUT2D eigenvalue weighted by Crippen LogP contribution is 2.42. The summed E-state index contributed by atoms with van der Waals surface area (Å²) in [7, 11) is 0. The topological polar surface area (TPSA) is 42.0 Å². The van der Waals surface area contributed by atoms with Crippen molar-refractivity contribution in [3.05, 3.63) is 82.9 Å². The summed E-state index contributed by atoms with van der Waals surface area (Å²) < 4.78 is 13.4.